The van der Waals surface area contributed by atoms with Gasteiger partial charge in [0.15, 0.2) is 0 Å². The number of rotatable bonds is 8. The van der Waals surface area contributed by atoms with Crippen LogP contribution in [0.5, 0.6) is 0 Å². The van der Waals surface area contributed by atoms with Crippen molar-refractivity contribution >= 4 is 0 Å². The van der Waals surface area contributed by atoms with Crippen molar-refractivity contribution < 1.29 is 4.74 Å². The van der Waals surface area contributed by atoms with Crippen LogP contribution in [0.2, 0.25) is 0 Å². The minimum absolute atomic E-state index is 0.732. The number of hydrogen-bond acceptors (Lipinski definition) is 3. The van der Waals surface area contributed by atoms with E-state index in [4.69, 9.17) is 11.2 Å². The number of aryl methyl sites for hydroxylation is 2. The molecule has 1 rings (SSSR count). The van der Waals surface area contributed by atoms with Gasteiger partial charge in [0.1, 0.15) is 0 Å². The van der Waals surface area contributed by atoms with Crippen molar-refractivity contribution in [1.82, 2.24) is 15.1 Å². The Hall–Kier alpha value is -1.31. The van der Waals surface area contributed by atoms with Crippen molar-refractivity contribution in [2.75, 3.05) is 20.3 Å². The van der Waals surface area contributed by atoms with E-state index in [9.17, 15) is 0 Å². The molecule has 0 aliphatic rings. The monoisotopic (exact) mass is 235 g/mol. The molecular formula is C13H21N3O. The molecule has 0 aliphatic carbocycles. The smallest absolute Gasteiger partial charge is 0.0638 e. The lowest BCUT2D eigenvalue weighted by atomic mass is 10.2. The van der Waals surface area contributed by atoms with E-state index in [1.807, 2.05) is 11.6 Å². The van der Waals surface area contributed by atoms with Crippen molar-refractivity contribution in [3.63, 3.8) is 0 Å². The summed E-state index contributed by atoms with van der Waals surface area (Å²) in [4.78, 5) is 0. The Morgan fingerprint density at radius 1 is 1.59 bits per heavy atom. The number of terminal acetylenes is 1. The first-order chi connectivity index (χ1) is 8.27. The summed E-state index contributed by atoms with van der Waals surface area (Å²) in [5, 5.41) is 7.77. The standard InChI is InChI=1S/C13H21N3O/c1-4-5-6-8-16-11-13(12(2)15-16)10-14-7-9-17-3/h1,11,14H,5-10H2,2-3H3. The molecule has 0 amide bonds. The fourth-order valence-corrected chi connectivity index (χ4v) is 1.59. The minimum atomic E-state index is 0.732. The van der Waals surface area contributed by atoms with Crippen molar-refractivity contribution in [2.45, 2.75) is 32.9 Å². The van der Waals surface area contributed by atoms with Gasteiger partial charge in [0.2, 0.25) is 0 Å². The summed E-state index contributed by atoms with van der Waals surface area (Å²) in [6.45, 7) is 5.35. The van der Waals surface area contributed by atoms with Gasteiger partial charge in [-0.05, 0) is 13.3 Å². The number of methoxy groups -OCH3 is 1. The van der Waals surface area contributed by atoms with Crippen molar-refractivity contribution in [2.24, 2.45) is 0 Å². The van der Waals surface area contributed by atoms with Crippen LogP contribution in [-0.2, 0) is 17.8 Å². The summed E-state index contributed by atoms with van der Waals surface area (Å²) in [6.07, 6.45) is 9.10. The molecule has 17 heavy (non-hydrogen) atoms. The maximum atomic E-state index is 5.22. The average molecular weight is 235 g/mol. The van der Waals surface area contributed by atoms with Crippen LogP contribution in [0.1, 0.15) is 24.1 Å². The Labute approximate surface area is 103 Å². The Bertz CT molecular complexity index is 365. The van der Waals surface area contributed by atoms with E-state index in [1.54, 1.807) is 7.11 Å². The second-order valence-corrected chi connectivity index (χ2v) is 3.98. The van der Waals surface area contributed by atoms with Crippen LogP contribution < -0.4 is 5.32 Å². The van der Waals surface area contributed by atoms with Crippen molar-refractivity contribution in [1.29, 1.82) is 0 Å². The fourth-order valence-electron chi connectivity index (χ4n) is 1.59. The summed E-state index contributed by atoms with van der Waals surface area (Å²) < 4.78 is 6.95. The maximum absolute atomic E-state index is 5.22. The number of aromatic nitrogens is 2. The molecule has 94 valence electrons. The molecule has 0 spiro atoms. The zero-order valence-electron chi connectivity index (χ0n) is 10.7. The molecule has 0 saturated carbocycles. The van der Waals surface area contributed by atoms with E-state index >= 15 is 0 Å². The third-order valence-corrected chi connectivity index (χ3v) is 2.55. The predicted octanol–water partition coefficient (Wildman–Crippen LogP) is 1.34. The van der Waals surface area contributed by atoms with Crippen LogP contribution in [0.3, 0.4) is 0 Å². The molecule has 1 N–H and O–H groups in total. The van der Waals surface area contributed by atoms with Crippen LogP contribution >= 0.6 is 0 Å². The summed E-state index contributed by atoms with van der Waals surface area (Å²) >= 11 is 0. The molecule has 0 radical (unpaired) electrons. The molecule has 0 atom stereocenters. The maximum Gasteiger partial charge on any atom is 0.0638 e. The molecule has 1 heterocycles. The highest BCUT2D eigenvalue weighted by molar-refractivity contribution is 5.15. The highest BCUT2D eigenvalue weighted by atomic mass is 16.5. The molecule has 4 heteroatoms. The van der Waals surface area contributed by atoms with Gasteiger partial charge in [-0.15, -0.1) is 12.3 Å². The second kappa shape index (κ2) is 7.88. The topological polar surface area (TPSA) is 39.1 Å². The van der Waals surface area contributed by atoms with E-state index in [1.165, 1.54) is 5.56 Å². The Morgan fingerprint density at radius 3 is 3.12 bits per heavy atom. The largest absolute Gasteiger partial charge is 0.383 e. The molecular weight excluding hydrogens is 214 g/mol. The van der Waals surface area contributed by atoms with Crippen LogP contribution in [0.4, 0.5) is 0 Å². The number of nitrogens with zero attached hydrogens (tertiary/aromatic N) is 2. The average Bonchev–Trinajstić information content (AvgIpc) is 2.66. The normalized spacial score (nSPS) is 10.4. The van der Waals surface area contributed by atoms with Gasteiger partial charge in [0.25, 0.3) is 0 Å². The molecule has 0 fully saturated rings. The second-order valence-electron chi connectivity index (χ2n) is 3.98. The third kappa shape index (κ3) is 5.03. The Morgan fingerprint density at radius 2 is 2.41 bits per heavy atom. The zero-order valence-corrected chi connectivity index (χ0v) is 10.7. The molecule has 1 aromatic rings. The van der Waals surface area contributed by atoms with Gasteiger partial charge in [-0.3, -0.25) is 4.68 Å². The number of nitrogens with one attached hydrogen (secondary N) is 1. The summed E-state index contributed by atoms with van der Waals surface area (Å²) in [5.74, 6) is 2.64. The predicted molar refractivity (Wildman–Crippen MR) is 68.6 cm³/mol. The first-order valence-electron chi connectivity index (χ1n) is 5.94. The third-order valence-electron chi connectivity index (χ3n) is 2.55. The lowest BCUT2D eigenvalue weighted by molar-refractivity contribution is 0.199. The quantitative estimate of drug-likeness (QED) is 0.546. The lowest BCUT2D eigenvalue weighted by Gasteiger charge is -2.02. The van der Waals surface area contributed by atoms with E-state index in [0.717, 1.165) is 44.8 Å². The number of ether oxygens (including phenoxy) is 1. The van der Waals surface area contributed by atoms with Crippen LogP contribution in [0.15, 0.2) is 6.20 Å². The van der Waals surface area contributed by atoms with Crippen molar-refractivity contribution in [3.8, 4) is 12.3 Å². The Balaban J connectivity index is 2.37. The van der Waals surface area contributed by atoms with Gasteiger partial charge in [-0.2, -0.15) is 5.10 Å². The molecule has 0 saturated heterocycles. The van der Waals surface area contributed by atoms with Gasteiger partial charge in [-0.1, -0.05) is 0 Å². The molecule has 0 aliphatic heterocycles. The molecule has 0 unspecified atom stereocenters. The van der Waals surface area contributed by atoms with Crippen molar-refractivity contribution in [3.05, 3.63) is 17.5 Å². The van der Waals surface area contributed by atoms with E-state index < -0.39 is 0 Å². The SMILES string of the molecule is C#CCCCn1cc(CNCCOC)c(C)n1. The summed E-state index contributed by atoms with van der Waals surface area (Å²) in [6, 6.07) is 0. The highest BCUT2D eigenvalue weighted by Crippen LogP contribution is 2.06. The molecule has 1 aromatic heterocycles. The lowest BCUT2D eigenvalue weighted by Crippen LogP contribution is -2.18. The summed E-state index contributed by atoms with van der Waals surface area (Å²) in [7, 11) is 1.70. The summed E-state index contributed by atoms with van der Waals surface area (Å²) in [5.41, 5.74) is 2.32. The van der Waals surface area contributed by atoms with Crippen LogP contribution in [0, 0.1) is 19.3 Å². The number of hydrogen-bond donors (Lipinski definition) is 1. The first kappa shape index (κ1) is 13.8. The van der Waals surface area contributed by atoms with Crippen LogP contribution in [0.25, 0.3) is 0 Å². The molecule has 0 bridgehead atoms. The zero-order chi connectivity index (χ0) is 12.5. The van der Waals surface area contributed by atoms with Gasteiger partial charge in [-0.25, -0.2) is 0 Å². The van der Waals surface area contributed by atoms with Gasteiger partial charge >= 0.3 is 0 Å². The molecule has 4 nitrogen and oxygen atoms in total. The first-order valence-corrected chi connectivity index (χ1v) is 5.94. The van der Waals surface area contributed by atoms with E-state index in [-0.39, 0.29) is 0 Å². The highest BCUT2D eigenvalue weighted by Gasteiger charge is 2.03. The Kier molecular flexibility index (Phi) is 6.38. The fraction of sp³-hybridized carbons (Fsp3) is 0.615. The molecule has 0 aromatic carbocycles. The van der Waals surface area contributed by atoms with Gasteiger partial charge in [0.05, 0.1) is 12.3 Å². The van der Waals surface area contributed by atoms with E-state index in [0.29, 0.717) is 0 Å². The number of unbranched alkanes of at least 4 members (excludes halogenated alkanes) is 1. The van der Waals surface area contributed by atoms with Gasteiger partial charge in [0, 0.05) is 44.9 Å². The van der Waals surface area contributed by atoms with E-state index in [2.05, 4.69) is 22.5 Å². The van der Waals surface area contributed by atoms with Gasteiger partial charge < -0.3 is 10.1 Å². The van der Waals surface area contributed by atoms with Crippen LogP contribution in [-0.4, -0.2) is 30.0 Å². The minimum Gasteiger partial charge on any atom is -0.383 e.